The molecule has 0 fully saturated rings. The Morgan fingerprint density at radius 3 is 2.35 bits per heavy atom. The Kier molecular flexibility index (Phi) is 3.06. The van der Waals surface area contributed by atoms with Crippen molar-refractivity contribution in [1.82, 2.24) is 24.9 Å². The monoisotopic (exact) mass is 285 g/mol. The zero-order valence-electron chi connectivity index (χ0n) is 11.3. The van der Waals surface area contributed by atoms with Gasteiger partial charge in [0.05, 0.1) is 11.4 Å². The molecule has 0 bridgehead atoms. The van der Waals surface area contributed by atoms with E-state index >= 15 is 0 Å². The summed E-state index contributed by atoms with van der Waals surface area (Å²) in [6.45, 7) is 5.74. The van der Waals surface area contributed by atoms with Gasteiger partial charge in [0.1, 0.15) is 11.2 Å². The van der Waals surface area contributed by atoms with Gasteiger partial charge >= 0.3 is 0 Å². The van der Waals surface area contributed by atoms with Crippen LogP contribution in [0.2, 0.25) is 5.28 Å². The summed E-state index contributed by atoms with van der Waals surface area (Å²) in [6, 6.07) is 3.86. The average molecular weight is 286 g/mol. The van der Waals surface area contributed by atoms with Crippen LogP contribution >= 0.6 is 11.6 Å². The van der Waals surface area contributed by atoms with Gasteiger partial charge in [0.2, 0.25) is 5.28 Å². The van der Waals surface area contributed by atoms with Gasteiger partial charge in [-0.25, -0.2) is 15.0 Å². The molecule has 0 amide bonds. The summed E-state index contributed by atoms with van der Waals surface area (Å²) in [4.78, 5) is 21.7. The van der Waals surface area contributed by atoms with Gasteiger partial charge in [-0.3, -0.25) is 4.98 Å². The minimum absolute atomic E-state index is 0.158. The van der Waals surface area contributed by atoms with Gasteiger partial charge in [0.15, 0.2) is 5.65 Å². The number of aryl methyl sites for hydroxylation is 3. The number of rotatable bonds is 1. The fourth-order valence-electron chi connectivity index (χ4n) is 1.89. The summed E-state index contributed by atoms with van der Waals surface area (Å²) in [7, 11) is 0. The zero-order chi connectivity index (χ0) is 14.3. The SMILES string of the molecule is Cc1ccc(-c2nc(Cl)nc3nc(C)c(C)nc23)cn1. The third kappa shape index (κ3) is 2.20. The van der Waals surface area contributed by atoms with E-state index in [1.807, 2.05) is 32.9 Å². The number of hydrogen-bond donors (Lipinski definition) is 0. The van der Waals surface area contributed by atoms with Gasteiger partial charge < -0.3 is 0 Å². The van der Waals surface area contributed by atoms with Crippen molar-refractivity contribution < 1.29 is 0 Å². The Balaban J connectivity index is 2.34. The standard InChI is InChI=1S/C14H12ClN5/c1-7-4-5-10(6-16-7)11-12-13(20-14(15)19-11)18-9(3)8(2)17-12/h4-6H,1-3H3. The van der Waals surface area contributed by atoms with Crippen LogP contribution in [-0.2, 0) is 0 Å². The first-order chi connectivity index (χ1) is 9.54. The van der Waals surface area contributed by atoms with E-state index in [0.717, 1.165) is 22.6 Å². The van der Waals surface area contributed by atoms with Crippen LogP contribution in [0.15, 0.2) is 18.3 Å². The van der Waals surface area contributed by atoms with E-state index in [0.29, 0.717) is 16.9 Å². The molecule has 0 aliphatic rings. The Hall–Kier alpha value is -2.14. The highest BCUT2D eigenvalue weighted by Gasteiger charge is 2.13. The summed E-state index contributed by atoms with van der Waals surface area (Å²) < 4.78 is 0. The van der Waals surface area contributed by atoms with Crippen molar-refractivity contribution in [2.24, 2.45) is 0 Å². The molecule has 0 aliphatic carbocycles. The minimum Gasteiger partial charge on any atom is -0.261 e. The molecule has 100 valence electrons. The largest absolute Gasteiger partial charge is 0.261 e. The molecule has 3 rings (SSSR count). The lowest BCUT2D eigenvalue weighted by molar-refractivity contribution is 1.06. The highest BCUT2D eigenvalue weighted by Crippen LogP contribution is 2.25. The van der Waals surface area contributed by atoms with Gasteiger partial charge in [-0.2, -0.15) is 4.98 Å². The Morgan fingerprint density at radius 2 is 1.65 bits per heavy atom. The second kappa shape index (κ2) is 4.76. The first kappa shape index (κ1) is 12.9. The fourth-order valence-corrected chi connectivity index (χ4v) is 2.06. The van der Waals surface area contributed by atoms with Crippen LogP contribution < -0.4 is 0 Å². The van der Waals surface area contributed by atoms with Gasteiger partial charge in [-0.1, -0.05) is 0 Å². The second-order valence-corrected chi connectivity index (χ2v) is 4.93. The molecule has 3 heterocycles. The number of pyridine rings is 1. The second-order valence-electron chi connectivity index (χ2n) is 4.60. The predicted molar refractivity (Wildman–Crippen MR) is 77.6 cm³/mol. The number of nitrogens with zero attached hydrogens (tertiary/aromatic N) is 5. The number of aromatic nitrogens is 5. The van der Waals surface area contributed by atoms with Crippen molar-refractivity contribution >= 4 is 22.8 Å². The van der Waals surface area contributed by atoms with E-state index in [9.17, 15) is 0 Å². The van der Waals surface area contributed by atoms with E-state index < -0.39 is 0 Å². The van der Waals surface area contributed by atoms with Gasteiger partial charge in [0, 0.05) is 17.5 Å². The third-order valence-electron chi connectivity index (χ3n) is 3.10. The summed E-state index contributed by atoms with van der Waals surface area (Å²) in [5, 5.41) is 0.158. The summed E-state index contributed by atoms with van der Waals surface area (Å²) >= 11 is 5.99. The zero-order valence-corrected chi connectivity index (χ0v) is 12.1. The van der Waals surface area contributed by atoms with Crippen molar-refractivity contribution in [2.75, 3.05) is 0 Å². The number of fused-ring (bicyclic) bond motifs is 1. The molecule has 0 radical (unpaired) electrons. The van der Waals surface area contributed by atoms with Crippen LogP contribution in [0.1, 0.15) is 17.1 Å². The van der Waals surface area contributed by atoms with E-state index in [2.05, 4.69) is 24.9 Å². The molecular formula is C14H12ClN5. The maximum absolute atomic E-state index is 5.99. The van der Waals surface area contributed by atoms with E-state index in [-0.39, 0.29) is 5.28 Å². The van der Waals surface area contributed by atoms with E-state index in [1.165, 1.54) is 0 Å². The Morgan fingerprint density at radius 1 is 0.900 bits per heavy atom. The highest BCUT2D eigenvalue weighted by molar-refractivity contribution is 6.28. The van der Waals surface area contributed by atoms with Crippen LogP contribution in [0.4, 0.5) is 0 Å². The van der Waals surface area contributed by atoms with Crippen molar-refractivity contribution in [3.8, 4) is 11.3 Å². The van der Waals surface area contributed by atoms with Crippen LogP contribution in [-0.4, -0.2) is 24.9 Å². The lowest BCUT2D eigenvalue weighted by Gasteiger charge is -2.07. The first-order valence-corrected chi connectivity index (χ1v) is 6.54. The van der Waals surface area contributed by atoms with Crippen LogP contribution in [0.25, 0.3) is 22.4 Å². The summed E-state index contributed by atoms with van der Waals surface area (Å²) in [5.74, 6) is 0. The molecule has 0 aromatic carbocycles. The Bertz CT molecular complexity index is 799. The smallest absolute Gasteiger partial charge is 0.225 e. The molecule has 0 N–H and O–H groups in total. The van der Waals surface area contributed by atoms with Crippen molar-refractivity contribution in [3.63, 3.8) is 0 Å². The Labute approximate surface area is 121 Å². The summed E-state index contributed by atoms with van der Waals surface area (Å²) in [6.07, 6.45) is 1.75. The molecule has 5 nitrogen and oxygen atoms in total. The number of halogens is 1. The molecule has 0 saturated carbocycles. The van der Waals surface area contributed by atoms with Crippen LogP contribution in [0.5, 0.6) is 0 Å². The molecule has 20 heavy (non-hydrogen) atoms. The van der Waals surface area contributed by atoms with Crippen molar-refractivity contribution in [3.05, 3.63) is 40.7 Å². The van der Waals surface area contributed by atoms with E-state index in [4.69, 9.17) is 11.6 Å². The van der Waals surface area contributed by atoms with Gasteiger partial charge in [-0.05, 0) is 44.5 Å². The maximum atomic E-state index is 5.99. The van der Waals surface area contributed by atoms with Crippen LogP contribution in [0, 0.1) is 20.8 Å². The lowest BCUT2D eigenvalue weighted by Crippen LogP contribution is -2.00. The molecule has 0 spiro atoms. The van der Waals surface area contributed by atoms with Gasteiger partial charge in [0.25, 0.3) is 0 Å². The number of hydrogen-bond acceptors (Lipinski definition) is 5. The topological polar surface area (TPSA) is 64.5 Å². The highest BCUT2D eigenvalue weighted by atomic mass is 35.5. The molecule has 6 heteroatoms. The molecule has 0 saturated heterocycles. The van der Waals surface area contributed by atoms with Gasteiger partial charge in [-0.15, -0.1) is 0 Å². The minimum atomic E-state index is 0.158. The fraction of sp³-hybridized carbons (Fsp3) is 0.214. The first-order valence-electron chi connectivity index (χ1n) is 6.16. The van der Waals surface area contributed by atoms with Crippen LogP contribution in [0.3, 0.4) is 0 Å². The maximum Gasteiger partial charge on any atom is 0.225 e. The lowest BCUT2D eigenvalue weighted by atomic mass is 10.1. The normalized spacial score (nSPS) is 11.0. The quantitative estimate of drug-likeness (QED) is 0.643. The van der Waals surface area contributed by atoms with Crippen molar-refractivity contribution in [1.29, 1.82) is 0 Å². The summed E-state index contributed by atoms with van der Waals surface area (Å²) in [5.41, 5.74) is 5.28. The van der Waals surface area contributed by atoms with E-state index in [1.54, 1.807) is 6.20 Å². The molecule has 0 atom stereocenters. The molecule has 3 aromatic heterocycles. The molecule has 0 unspecified atom stereocenters. The average Bonchev–Trinajstić information content (AvgIpc) is 2.41. The predicted octanol–water partition coefficient (Wildman–Crippen LogP) is 3.06. The molecule has 0 aliphatic heterocycles. The molecular weight excluding hydrogens is 274 g/mol. The molecule has 3 aromatic rings. The third-order valence-corrected chi connectivity index (χ3v) is 3.27. The van der Waals surface area contributed by atoms with Crippen molar-refractivity contribution in [2.45, 2.75) is 20.8 Å².